The van der Waals surface area contributed by atoms with E-state index in [0.717, 1.165) is 25.0 Å². The Morgan fingerprint density at radius 3 is 2.96 bits per heavy atom. The highest BCUT2D eigenvalue weighted by atomic mass is 19.1. The number of piperidine rings is 1. The van der Waals surface area contributed by atoms with E-state index in [4.69, 9.17) is 4.52 Å². The first kappa shape index (κ1) is 16.2. The summed E-state index contributed by atoms with van der Waals surface area (Å²) in [7, 11) is 0. The molecule has 1 aliphatic heterocycles. The molecule has 1 saturated carbocycles. The number of nitrogens with zero attached hydrogens (tertiary/aromatic N) is 3. The molecule has 2 fully saturated rings. The largest absolute Gasteiger partial charge is 0.342 e. The molecular weight excluding hydrogens is 328 g/mol. The fraction of sp³-hybridized carbons (Fsp3) is 0.500. The van der Waals surface area contributed by atoms with Crippen LogP contribution < -0.4 is 0 Å². The Morgan fingerprint density at radius 2 is 2.20 bits per heavy atom. The maximum absolute atomic E-state index is 13.9. The number of halogens is 2. The number of benzene rings is 1. The molecule has 1 aromatic heterocycles. The van der Waals surface area contributed by atoms with Gasteiger partial charge in [-0.25, -0.2) is 8.78 Å². The van der Waals surface area contributed by atoms with Crippen molar-refractivity contribution in [3.63, 3.8) is 0 Å². The van der Waals surface area contributed by atoms with E-state index < -0.39 is 11.6 Å². The highest BCUT2D eigenvalue weighted by Gasteiger charge is 2.47. The summed E-state index contributed by atoms with van der Waals surface area (Å²) in [6.07, 6.45) is 2.35. The van der Waals surface area contributed by atoms with Gasteiger partial charge in [-0.2, -0.15) is 4.98 Å². The molecule has 3 atom stereocenters. The van der Waals surface area contributed by atoms with Crippen LogP contribution >= 0.6 is 0 Å². The first-order valence-corrected chi connectivity index (χ1v) is 8.57. The highest BCUT2D eigenvalue weighted by Crippen LogP contribution is 2.49. The minimum atomic E-state index is -0.472. The second-order valence-electron chi connectivity index (χ2n) is 6.91. The van der Waals surface area contributed by atoms with E-state index in [1.807, 2.05) is 4.90 Å². The summed E-state index contributed by atoms with van der Waals surface area (Å²) < 4.78 is 32.3. The Morgan fingerprint density at radius 1 is 1.36 bits per heavy atom. The van der Waals surface area contributed by atoms with E-state index in [1.54, 1.807) is 6.92 Å². The first-order valence-electron chi connectivity index (χ1n) is 8.57. The fourth-order valence-electron chi connectivity index (χ4n) is 3.71. The maximum atomic E-state index is 13.9. The summed E-state index contributed by atoms with van der Waals surface area (Å²) in [4.78, 5) is 18.8. The van der Waals surface area contributed by atoms with Crippen molar-refractivity contribution in [1.29, 1.82) is 0 Å². The summed E-state index contributed by atoms with van der Waals surface area (Å²) in [5.41, 5.74) is 0.306. The van der Waals surface area contributed by atoms with Gasteiger partial charge in [0.1, 0.15) is 11.6 Å². The number of aromatic nitrogens is 2. The van der Waals surface area contributed by atoms with Gasteiger partial charge in [0, 0.05) is 31.8 Å². The average molecular weight is 347 g/mol. The fourth-order valence-corrected chi connectivity index (χ4v) is 3.71. The van der Waals surface area contributed by atoms with Crippen molar-refractivity contribution < 1.29 is 18.1 Å². The Balaban J connectivity index is 1.44. The van der Waals surface area contributed by atoms with Crippen LogP contribution in [-0.2, 0) is 4.79 Å². The first-order chi connectivity index (χ1) is 12.0. The van der Waals surface area contributed by atoms with Gasteiger partial charge >= 0.3 is 0 Å². The highest BCUT2D eigenvalue weighted by molar-refractivity contribution is 5.83. The molecule has 0 bridgehead atoms. The zero-order valence-corrected chi connectivity index (χ0v) is 13.9. The summed E-state index contributed by atoms with van der Waals surface area (Å²) in [5.74, 6) is -0.170. The summed E-state index contributed by atoms with van der Waals surface area (Å²) >= 11 is 0. The van der Waals surface area contributed by atoms with E-state index in [-0.39, 0.29) is 23.7 Å². The lowest BCUT2D eigenvalue weighted by molar-refractivity contribution is -0.133. The van der Waals surface area contributed by atoms with Crippen LogP contribution in [0.25, 0.3) is 0 Å². The molecule has 0 radical (unpaired) electrons. The molecule has 2 aromatic rings. The van der Waals surface area contributed by atoms with Gasteiger partial charge in [0.05, 0.1) is 0 Å². The van der Waals surface area contributed by atoms with Gasteiger partial charge in [0.25, 0.3) is 0 Å². The van der Waals surface area contributed by atoms with Crippen molar-refractivity contribution in [2.45, 2.75) is 38.0 Å². The third-order valence-electron chi connectivity index (χ3n) is 5.11. The molecule has 0 spiro atoms. The van der Waals surface area contributed by atoms with Crippen molar-refractivity contribution in [2.24, 2.45) is 5.92 Å². The number of hydrogen-bond acceptors (Lipinski definition) is 4. The van der Waals surface area contributed by atoms with Crippen molar-refractivity contribution in [1.82, 2.24) is 15.0 Å². The van der Waals surface area contributed by atoms with E-state index >= 15 is 0 Å². The number of aryl methyl sites for hydroxylation is 1. The predicted octanol–water partition coefficient (Wildman–Crippen LogP) is 3.17. The zero-order chi connectivity index (χ0) is 17.6. The molecular formula is C18H19F2N3O2. The van der Waals surface area contributed by atoms with E-state index in [1.165, 1.54) is 6.07 Å². The minimum absolute atomic E-state index is 0.0126. The molecule has 7 heteroatoms. The van der Waals surface area contributed by atoms with Crippen molar-refractivity contribution in [2.75, 3.05) is 13.1 Å². The topological polar surface area (TPSA) is 59.2 Å². The number of likely N-dealkylation sites (tertiary alicyclic amines) is 1. The van der Waals surface area contributed by atoms with Gasteiger partial charge in [-0.3, -0.25) is 4.79 Å². The van der Waals surface area contributed by atoms with E-state index in [9.17, 15) is 13.6 Å². The molecule has 2 heterocycles. The van der Waals surface area contributed by atoms with Gasteiger partial charge in [-0.1, -0.05) is 5.16 Å². The molecule has 132 valence electrons. The summed E-state index contributed by atoms with van der Waals surface area (Å²) in [6.45, 7) is 2.97. The number of carbonyl (C=O) groups excluding carboxylic acids is 1. The Kier molecular flexibility index (Phi) is 4.01. The van der Waals surface area contributed by atoms with Crippen molar-refractivity contribution >= 4 is 5.91 Å². The van der Waals surface area contributed by atoms with Gasteiger partial charge in [0.2, 0.25) is 11.8 Å². The number of carbonyl (C=O) groups is 1. The average Bonchev–Trinajstić information content (AvgIpc) is 3.29. The van der Waals surface area contributed by atoms with Gasteiger partial charge < -0.3 is 9.42 Å². The number of amides is 1. The van der Waals surface area contributed by atoms with Gasteiger partial charge in [-0.05, 0) is 48.9 Å². The lowest BCUT2D eigenvalue weighted by Crippen LogP contribution is -2.40. The van der Waals surface area contributed by atoms with Crippen LogP contribution in [0.4, 0.5) is 8.78 Å². The lowest BCUT2D eigenvalue weighted by Gasteiger charge is -2.31. The van der Waals surface area contributed by atoms with Gasteiger partial charge in [0.15, 0.2) is 5.82 Å². The molecule has 1 saturated heterocycles. The van der Waals surface area contributed by atoms with Crippen LogP contribution in [0, 0.1) is 24.5 Å². The predicted molar refractivity (Wildman–Crippen MR) is 84.8 cm³/mol. The van der Waals surface area contributed by atoms with Crippen LogP contribution in [0.15, 0.2) is 22.7 Å². The Hall–Kier alpha value is -2.31. The molecule has 1 amide bonds. The monoisotopic (exact) mass is 347 g/mol. The molecule has 4 rings (SSSR count). The van der Waals surface area contributed by atoms with Crippen molar-refractivity contribution in [3.8, 4) is 0 Å². The molecule has 1 aliphatic carbocycles. The number of rotatable bonds is 3. The quantitative estimate of drug-likeness (QED) is 0.856. The van der Waals surface area contributed by atoms with Crippen LogP contribution in [-0.4, -0.2) is 34.0 Å². The molecule has 0 unspecified atom stereocenters. The van der Waals surface area contributed by atoms with E-state index in [2.05, 4.69) is 10.1 Å². The molecule has 0 N–H and O–H groups in total. The van der Waals surface area contributed by atoms with Crippen LogP contribution in [0.1, 0.15) is 48.4 Å². The van der Waals surface area contributed by atoms with Crippen LogP contribution in [0.3, 0.4) is 0 Å². The van der Waals surface area contributed by atoms with Crippen molar-refractivity contribution in [3.05, 3.63) is 47.1 Å². The smallest absolute Gasteiger partial charge is 0.226 e. The SMILES string of the molecule is Cc1nc([C@@H]2CCCN(C(=O)[C@@H]3C[C@H]3c3cc(F)ccc3F)C2)no1. The van der Waals surface area contributed by atoms with Crippen LogP contribution in [0.5, 0.6) is 0 Å². The Labute approximate surface area is 144 Å². The zero-order valence-electron chi connectivity index (χ0n) is 13.9. The molecule has 2 aliphatic rings. The maximum Gasteiger partial charge on any atom is 0.226 e. The lowest BCUT2D eigenvalue weighted by atomic mass is 9.96. The normalized spacial score (nSPS) is 25.9. The minimum Gasteiger partial charge on any atom is -0.342 e. The third-order valence-corrected chi connectivity index (χ3v) is 5.11. The van der Waals surface area contributed by atoms with Crippen LogP contribution in [0.2, 0.25) is 0 Å². The Bertz CT molecular complexity index is 807. The molecule has 5 nitrogen and oxygen atoms in total. The second kappa shape index (κ2) is 6.20. The standard InChI is InChI=1S/C18H19F2N3O2/c1-10-21-17(22-25-10)11-3-2-6-23(9-11)18(24)15-8-13(15)14-7-12(19)4-5-16(14)20/h4-5,7,11,13,15H,2-3,6,8-9H2,1H3/t11-,13+,15-/m1/s1. The summed E-state index contributed by atoms with van der Waals surface area (Å²) in [5, 5.41) is 3.96. The third kappa shape index (κ3) is 3.15. The second-order valence-corrected chi connectivity index (χ2v) is 6.91. The molecule has 25 heavy (non-hydrogen) atoms. The summed E-state index contributed by atoms with van der Waals surface area (Å²) in [6, 6.07) is 3.43. The molecule has 1 aromatic carbocycles. The number of hydrogen-bond donors (Lipinski definition) is 0. The van der Waals surface area contributed by atoms with Gasteiger partial charge in [-0.15, -0.1) is 0 Å². The van der Waals surface area contributed by atoms with E-state index in [0.29, 0.717) is 36.8 Å².